The van der Waals surface area contributed by atoms with Gasteiger partial charge in [-0.1, -0.05) is 24.3 Å². The Balaban J connectivity index is 1.77. The molecule has 7 heteroatoms. The molecule has 0 aliphatic heterocycles. The summed E-state index contributed by atoms with van der Waals surface area (Å²) in [5, 5.41) is 13.0. The van der Waals surface area contributed by atoms with E-state index in [0.29, 0.717) is 5.56 Å². The van der Waals surface area contributed by atoms with Gasteiger partial charge >= 0.3 is 0 Å². The van der Waals surface area contributed by atoms with Crippen molar-refractivity contribution in [3.8, 4) is 0 Å². The monoisotopic (exact) mass is 351 g/mol. The second kappa shape index (κ2) is 6.37. The van der Waals surface area contributed by atoms with Gasteiger partial charge in [-0.3, -0.25) is 0 Å². The first kappa shape index (κ1) is 16.1. The fraction of sp³-hybridized carbons (Fsp3) is 0.125. The molecule has 120 valence electrons. The Morgan fingerprint density at radius 3 is 2.74 bits per heavy atom. The molecule has 2 aromatic carbocycles. The van der Waals surface area contributed by atoms with E-state index in [0.717, 1.165) is 16.2 Å². The van der Waals surface area contributed by atoms with Crippen molar-refractivity contribution in [2.45, 2.75) is 11.0 Å². The van der Waals surface area contributed by atoms with Gasteiger partial charge in [-0.2, -0.15) is 0 Å². The summed E-state index contributed by atoms with van der Waals surface area (Å²) in [5.41, 5.74) is 0.674. The number of fused-ring (bicyclic) bond motifs is 1. The molecule has 0 fully saturated rings. The highest BCUT2D eigenvalue weighted by atomic mass is 32.2. The Morgan fingerprint density at radius 2 is 1.96 bits per heavy atom. The Kier molecular flexibility index (Phi) is 4.45. The fourth-order valence-corrected chi connectivity index (χ4v) is 4.35. The lowest BCUT2D eigenvalue weighted by atomic mass is 10.1. The summed E-state index contributed by atoms with van der Waals surface area (Å²) in [4.78, 5) is -0.167. The normalized spacial score (nSPS) is 13.3. The van der Waals surface area contributed by atoms with Crippen LogP contribution < -0.4 is 4.72 Å². The zero-order valence-corrected chi connectivity index (χ0v) is 13.6. The smallest absolute Gasteiger partial charge is 0.240 e. The van der Waals surface area contributed by atoms with Crippen molar-refractivity contribution in [3.63, 3.8) is 0 Å². The van der Waals surface area contributed by atoms with Crippen molar-refractivity contribution in [1.29, 1.82) is 0 Å². The molecule has 1 atom stereocenters. The molecule has 0 saturated heterocycles. The van der Waals surface area contributed by atoms with Crippen LogP contribution in [0.15, 0.2) is 58.8 Å². The Bertz CT molecular complexity index is 937. The molecule has 3 rings (SSSR count). The fourth-order valence-electron chi connectivity index (χ4n) is 2.27. The minimum absolute atomic E-state index is 0.167. The van der Waals surface area contributed by atoms with Crippen molar-refractivity contribution in [3.05, 3.63) is 65.3 Å². The molecule has 0 aliphatic carbocycles. The summed E-state index contributed by atoms with van der Waals surface area (Å²) in [6.07, 6.45) is -0.977. The average molecular weight is 351 g/mol. The number of rotatable bonds is 5. The van der Waals surface area contributed by atoms with Crippen molar-refractivity contribution >= 4 is 31.4 Å². The summed E-state index contributed by atoms with van der Waals surface area (Å²) >= 11 is 1.49. The molecule has 0 aliphatic rings. The summed E-state index contributed by atoms with van der Waals surface area (Å²) in [7, 11) is -3.87. The van der Waals surface area contributed by atoms with Gasteiger partial charge in [0.15, 0.2) is 0 Å². The van der Waals surface area contributed by atoms with Crippen LogP contribution in [0.2, 0.25) is 0 Å². The average Bonchev–Trinajstić information content (AvgIpc) is 2.97. The first-order valence-corrected chi connectivity index (χ1v) is 9.23. The van der Waals surface area contributed by atoms with Gasteiger partial charge in [0.1, 0.15) is 5.82 Å². The Labute approximate surface area is 137 Å². The van der Waals surface area contributed by atoms with Gasteiger partial charge in [-0.05, 0) is 35.0 Å². The van der Waals surface area contributed by atoms with Crippen molar-refractivity contribution < 1.29 is 17.9 Å². The molecule has 0 radical (unpaired) electrons. The third kappa shape index (κ3) is 3.42. The number of hydrogen-bond acceptors (Lipinski definition) is 4. The first-order valence-electron chi connectivity index (χ1n) is 6.87. The largest absolute Gasteiger partial charge is 0.387 e. The second-order valence-corrected chi connectivity index (χ2v) is 7.69. The van der Waals surface area contributed by atoms with E-state index >= 15 is 0 Å². The van der Waals surface area contributed by atoms with Crippen LogP contribution in [0.3, 0.4) is 0 Å². The van der Waals surface area contributed by atoms with Crippen LogP contribution >= 0.6 is 11.3 Å². The van der Waals surface area contributed by atoms with Crippen LogP contribution in [0.1, 0.15) is 11.7 Å². The molecular formula is C16H14FNO3S2. The maximum atomic E-state index is 13.2. The maximum Gasteiger partial charge on any atom is 0.240 e. The standard InChI is InChI=1S/C16H14FNO3S2/c17-11-4-3-5-12(8-11)23(20,21)18-9-15(19)14-10-22-16-7-2-1-6-13(14)16/h1-8,10,15,18-19H,9H2. The quantitative estimate of drug-likeness (QED) is 0.742. The number of hydrogen-bond donors (Lipinski definition) is 2. The second-order valence-electron chi connectivity index (χ2n) is 5.01. The van der Waals surface area contributed by atoms with Gasteiger partial charge in [-0.15, -0.1) is 11.3 Å². The molecule has 0 spiro atoms. The lowest BCUT2D eigenvalue weighted by molar-refractivity contribution is 0.184. The number of halogens is 1. The number of thiophene rings is 1. The van der Waals surface area contributed by atoms with Crippen LogP contribution in [0, 0.1) is 5.82 Å². The highest BCUT2D eigenvalue weighted by molar-refractivity contribution is 7.89. The predicted molar refractivity (Wildman–Crippen MR) is 88.4 cm³/mol. The van der Waals surface area contributed by atoms with Gasteiger partial charge in [0, 0.05) is 16.8 Å². The minimum atomic E-state index is -3.87. The van der Waals surface area contributed by atoms with Crippen molar-refractivity contribution in [1.82, 2.24) is 4.72 Å². The van der Waals surface area contributed by atoms with Crippen LogP contribution in [-0.4, -0.2) is 20.1 Å². The molecule has 1 heterocycles. The molecule has 3 aromatic rings. The molecule has 0 bridgehead atoms. The Hall–Kier alpha value is -1.80. The Morgan fingerprint density at radius 1 is 1.17 bits per heavy atom. The van der Waals surface area contributed by atoms with Crippen LogP contribution in [0.5, 0.6) is 0 Å². The van der Waals surface area contributed by atoms with Gasteiger partial charge in [0.2, 0.25) is 10.0 Å². The third-order valence-electron chi connectivity index (χ3n) is 3.44. The zero-order chi connectivity index (χ0) is 16.4. The zero-order valence-electron chi connectivity index (χ0n) is 11.9. The van der Waals surface area contributed by atoms with E-state index in [1.54, 1.807) is 0 Å². The van der Waals surface area contributed by atoms with E-state index in [-0.39, 0.29) is 11.4 Å². The molecule has 0 amide bonds. The van der Waals surface area contributed by atoms with E-state index < -0.39 is 21.9 Å². The van der Waals surface area contributed by atoms with E-state index in [2.05, 4.69) is 4.72 Å². The highest BCUT2D eigenvalue weighted by Gasteiger charge is 2.19. The SMILES string of the molecule is O=S(=O)(NCC(O)c1csc2ccccc12)c1cccc(F)c1. The molecule has 1 aromatic heterocycles. The number of benzene rings is 2. The predicted octanol–water partition coefficient (Wildman–Crippen LogP) is 3.05. The summed E-state index contributed by atoms with van der Waals surface area (Å²) in [6, 6.07) is 12.3. The van der Waals surface area contributed by atoms with Gasteiger partial charge < -0.3 is 5.11 Å². The van der Waals surface area contributed by atoms with Gasteiger partial charge in [-0.25, -0.2) is 17.5 Å². The van der Waals surface area contributed by atoms with Crippen LogP contribution in [0.25, 0.3) is 10.1 Å². The van der Waals surface area contributed by atoms with Gasteiger partial charge in [0.05, 0.1) is 11.0 Å². The van der Waals surface area contributed by atoms with Crippen molar-refractivity contribution in [2.75, 3.05) is 6.54 Å². The molecule has 1 unspecified atom stereocenters. The van der Waals surface area contributed by atoms with E-state index in [9.17, 15) is 17.9 Å². The molecule has 23 heavy (non-hydrogen) atoms. The number of aliphatic hydroxyl groups excluding tert-OH is 1. The molecular weight excluding hydrogens is 337 g/mol. The number of nitrogens with one attached hydrogen (secondary N) is 1. The highest BCUT2D eigenvalue weighted by Crippen LogP contribution is 2.30. The molecule has 2 N–H and O–H groups in total. The first-order chi connectivity index (χ1) is 11.0. The van der Waals surface area contributed by atoms with E-state index in [1.807, 2.05) is 29.6 Å². The van der Waals surface area contributed by atoms with E-state index in [1.165, 1.54) is 29.5 Å². The molecule has 0 saturated carbocycles. The van der Waals surface area contributed by atoms with E-state index in [4.69, 9.17) is 0 Å². The lowest BCUT2D eigenvalue weighted by Crippen LogP contribution is -2.28. The number of aliphatic hydroxyl groups is 1. The van der Waals surface area contributed by atoms with Gasteiger partial charge in [0.25, 0.3) is 0 Å². The topological polar surface area (TPSA) is 66.4 Å². The minimum Gasteiger partial charge on any atom is -0.387 e. The summed E-state index contributed by atoms with van der Waals surface area (Å²) in [6.45, 7) is -0.181. The third-order valence-corrected chi connectivity index (χ3v) is 5.85. The summed E-state index contributed by atoms with van der Waals surface area (Å²) < 4.78 is 40.8. The lowest BCUT2D eigenvalue weighted by Gasteiger charge is -2.12. The van der Waals surface area contributed by atoms with Crippen LogP contribution in [-0.2, 0) is 10.0 Å². The number of sulfonamides is 1. The summed E-state index contributed by atoms with van der Waals surface area (Å²) in [5.74, 6) is -0.628. The van der Waals surface area contributed by atoms with Crippen molar-refractivity contribution in [2.24, 2.45) is 0 Å². The maximum absolute atomic E-state index is 13.2. The molecule has 4 nitrogen and oxygen atoms in total. The van der Waals surface area contributed by atoms with Crippen LogP contribution in [0.4, 0.5) is 4.39 Å².